The number of rotatable bonds is 4. The SMILES string of the molecule is CCOC(=O)[C@H](C)N1C(=O)S/C(=C/c2ccc(O)c(Br)c2)C1=O. The van der Waals surface area contributed by atoms with Gasteiger partial charge < -0.3 is 9.84 Å². The first-order chi connectivity index (χ1) is 10.8. The van der Waals surface area contributed by atoms with Gasteiger partial charge in [-0.1, -0.05) is 6.07 Å². The minimum atomic E-state index is -0.972. The summed E-state index contributed by atoms with van der Waals surface area (Å²) in [6, 6.07) is 3.74. The van der Waals surface area contributed by atoms with Gasteiger partial charge in [-0.15, -0.1) is 0 Å². The zero-order valence-corrected chi connectivity index (χ0v) is 14.8. The van der Waals surface area contributed by atoms with Crippen molar-refractivity contribution in [2.45, 2.75) is 19.9 Å². The van der Waals surface area contributed by atoms with Gasteiger partial charge in [0.15, 0.2) is 0 Å². The van der Waals surface area contributed by atoms with Crippen LogP contribution in [0.5, 0.6) is 5.75 Å². The number of aromatic hydroxyl groups is 1. The molecule has 1 N–H and O–H groups in total. The molecule has 0 spiro atoms. The van der Waals surface area contributed by atoms with E-state index in [0.717, 1.165) is 16.7 Å². The van der Waals surface area contributed by atoms with Gasteiger partial charge in [-0.05, 0) is 65.3 Å². The number of halogens is 1. The number of esters is 1. The van der Waals surface area contributed by atoms with E-state index >= 15 is 0 Å². The van der Waals surface area contributed by atoms with Crippen LogP contribution in [0.25, 0.3) is 6.08 Å². The Kier molecular flexibility index (Phi) is 5.48. The van der Waals surface area contributed by atoms with E-state index in [0.29, 0.717) is 10.0 Å². The van der Waals surface area contributed by atoms with E-state index in [-0.39, 0.29) is 17.3 Å². The number of benzene rings is 1. The number of phenols is 1. The predicted molar refractivity (Wildman–Crippen MR) is 89.7 cm³/mol. The first-order valence-corrected chi connectivity index (χ1v) is 8.38. The summed E-state index contributed by atoms with van der Waals surface area (Å²) in [6.45, 7) is 3.28. The second-order valence-electron chi connectivity index (χ2n) is 4.69. The topological polar surface area (TPSA) is 83.9 Å². The van der Waals surface area contributed by atoms with E-state index in [4.69, 9.17) is 4.74 Å². The van der Waals surface area contributed by atoms with Crippen LogP contribution < -0.4 is 0 Å². The largest absolute Gasteiger partial charge is 0.507 e. The quantitative estimate of drug-likeness (QED) is 0.618. The van der Waals surface area contributed by atoms with Crippen molar-refractivity contribution in [1.29, 1.82) is 0 Å². The number of nitrogens with zero attached hydrogens (tertiary/aromatic N) is 1. The van der Waals surface area contributed by atoms with E-state index in [2.05, 4.69) is 15.9 Å². The number of amides is 2. The Balaban J connectivity index is 2.25. The van der Waals surface area contributed by atoms with Crippen LogP contribution in [0.3, 0.4) is 0 Å². The molecular weight excluding hydrogens is 386 g/mol. The highest BCUT2D eigenvalue weighted by atomic mass is 79.9. The van der Waals surface area contributed by atoms with Crippen LogP contribution in [0.2, 0.25) is 0 Å². The molecule has 1 aliphatic heterocycles. The molecule has 1 fully saturated rings. The minimum Gasteiger partial charge on any atom is -0.507 e. The molecule has 2 amide bonds. The number of hydrogen-bond acceptors (Lipinski definition) is 6. The monoisotopic (exact) mass is 399 g/mol. The first-order valence-electron chi connectivity index (χ1n) is 6.77. The number of carbonyl (C=O) groups excluding carboxylic acids is 3. The van der Waals surface area contributed by atoms with Crippen molar-refractivity contribution >= 4 is 50.9 Å². The van der Waals surface area contributed by atoms with E-state index < -0.39 is 23.2 Å². The fraction of sp³-hybridized carbons (Fsp3) is 0.267. The van der Waals surface area contributed by atoms with Crippen LogP contribution in [0.4, 0.5) is 4.79 Å². The molecule has 6 nitrogen and oxygen atoms in total. The van der Waals surface area contributed by atoms with Crippen LogP contribution in [0.1, 0.15) is 19.4 Å². The summed E-state index contributed by atoms with van der Waals surface area (Å²) >= 11 is 3.95. The molecule has 23 heavy (non-hydrogen) atoms. The molecule has 8 heteroatoms. The molecule has 122 valence electrons. The second-order valence-corrected chi connectivity index (χ2v) is 6.54. The standard InChI is InChI=1S/C15H14BrNO5S/c1-3-22-14(20)8(2)17-13(19)12(23-15(17)21)7-9-4-5-11(18)10(16)6-9/h4-8,18H,3H2,1-2H3/b12-7+/t8-/m0/s1. The van der Waals surface area contributed by atoms with Crippen molar-refractivity contribution in [3.8, 4) is 5.75 Å². The maximum absolute atomic E-state index is 12.4. The van der Waals surface area contributed by atoms with E-state index in [1.165, 1.54) is 19.1 Å². The van der Waals surface area contributed by atoms with E-state index in [1.54, 1.807) is 19.1 Å². The van der Waals surface area contributed by atoms with Crippen LogP contribution in [0.15, 0.2) is 27.6 Å². The molecule has 0 radical (unpaired) electrons. The normalized spacial score (nSPS) is 17.7. The molecule has 1 aromatic rings. The zero-order chi connectivity index (χ0) is 17.1. The number of imide groups is 1. The Morgan fingerprint density at radius 1 is 1.48 bits per heavy atom. The Bertz CT molecular complexity index is 703. The summed E-state index contributed by atoms with van der Waals surface area (Å²) < 4.78 is 5.32. The van der Waals surface area contributed by atoms with E-state index in [9.17, 15) is 19.5 Å². The van der Waals surface area contributed by atoms with Gasteiger partial charge in [0.05, 0.1) is 16.0 Å². The van der Waals surface area contributed by atoms with Crippen LogP contribution in [-0.2, 0) is 14.3 Å². The van der Waals surface area contributed by atoms with Crippen molar-refractivity contribution in [3.05, 3.63) is 33.1 Å². The van der Waals surface area contributed by atoms with Crippen LogP contribution in [-0.4, -0.2) is 39.8 Å². The molecule has 0 aliphatic carbocycles. The molecule has 0 unspecified atom stereocenters. The van der Waals surface area contributed by atoms with Crippen LogP contribution in [0, 0.1) is 0 Å². The van der Waals surface area contributed by atoms with Crippen molar-refractivity contribution in [3.63, 3.8) is 0 Å². The van der Waals surface area contributed by atoms with Gasteiger partial charge in [0, 0.05) is 0 Å². The summed E-state index contributed by atoms with van der Waals surface area (Å²) in [5.41, 5.74) is 0.643. The maximum atomic E-state index is 12.4. The van der Waals surface area contributed by atoms with Crippen molar-refractivity contribution in [2.24, 2.45) is 0 Å². The smallest absolute Gasteiger partial charge is 0.329 e. The Morgan fingerprint density at radius 3 is 2.78 bits per heavy atom. The molecule has 1 aliphatic rings. The van der Waals surface area contributed by atoms with Gasteiger partial charge in [-0.25, -0.2) is 4.79 Å². The van der Waals surface area contributed by atoms with Gasteiger partial charge in [-0.3, -0.25) is 14.5 Å². The van der Waals surface area contributed by atoms with Crippen molar-refractivity contribution in [2.75, 3.05) is 6.61 Å². The van der Waals surface area contributed by atoms with Gasteiger partial charge in [0.2, 0.25) is 0 Å². The zero-order valence-electron chi connectivity index (χ0n) is 12.4. The minimum absolute atomic E-state index is 0.0752. The Labute approximate surface area is 145 Å². The molecule has 0 saturated carbocycles. The molecule has 1 atom stereocenters. The predicted octanol–water partition coefficient (Wildman–Crippen LogP) is 3.14. The third-order valence-electron chi connectivity index (χ3n) is 3.11. The van der Waals surface area contributed by atoms with Crippen molar-refractivity contribution < 1.29 is 24.2 Å². The number of ether oxygens (including phenoxy) is 1. The van der Waals surface area contributed by atoms with Crippen molar-refractivity contribution in [1.82, 2.24) is 4.90 Å². The molecule has 0 aromatic heterocycles. The summed E-state index contributed by atoms with van der Waals surface area (Å²) in [6.07, 6.45) is 1.53. The summed E-state index contributed by atoms with van der Waals surface area (Å²) in [5.74, 6) is -1.08. The number of phenolic OH excluding ortho intramolecular Hbond substituents is 1. The van der Waals surface area contributed by atoms with Gasteiger partial charge in [-0.2, -0.15) is 0 Å². The lowest BCUT2D eigenvalue weighted by Gasteiger charge is -2.19. The average Bonchev–Trinajstić information content (AvgIpc) is 2.77. The first kappa shape index (κ1) is 17.6. The Hall–Kier alpha value is -1.80. The maximum Gasteiger partial charge on any atom is 0.329 e. The third kappa shape index (κ3) is 3.76. The summed E-state index contributed by atoms with van der Waals surface area (Å²) in [4.78, 5) is 37.2. The summed E-state index contributed by atoms with van der Waals surface area (Å²) in [7, 11) is 0. The number of carbonyl (C=O) groups is 3. The molecule has 1 saturated heterocycles. The number of hydrogen-bond donors (Lipinski definition) is 1. The van der Waals surface area contributed by atoms with Gasteiger partial charge in [0.25, 0.3) is 11.1 Å². The van der Waals surface area contributed by atoms with E-state index in [1.807, 2.05) is 0 Å². The third-order valence-corrected chi connectivity index (χ3v) is 4.63. The molecular formula is C15H14BrNO5S. The van der Waals surface area contributed by atoms with Gasteiger partial charge in [0.1, 0.15) is 11.8 Å². The lowest BCUT2D eigenvalue weighted by Crippen LogP contribution is -2.42. The average molecular weight is 400 g/mol. The Morgan fingerprint density at radius 2 is 2.17 bits per heavy atom. The molecule has 1 aromatic carbocycles. The number of thioether (sulfide) groups is 1. The molecule has 1 heterocycles. The lowest BCUT2D eigenvalue weighted by atomic mass is 10.2. The van der Waals surface area contributed by atoms with Crippen LogP contribution >= 0.6 is 27.7 Å². The molecule has 0 bridgehead atoms. The summed E-state index contributed by atoms with van der Waals surface area (Å²) in [5, 5.41) is 8.96. The van der Waals surface area contributed by atoms with Gasteiger partial charge >= 0.3 is 5.97 Å². The fourth-order valence-corrected chi connectivity index (χ4v) is 3.25. The lowest BCUT2D eigenvalue weighted by molar-refractivity contribution is -0.150. The molecule has 2 rings (SSSR count). The highest BCUT2D eigenvalue weighted by molar-refractivity contribution is 9.10. The highest BCUT2D eigenvalue weighted by Crippen LogP contribution is 2.34. The highest BCUT2D eigenvalue weighted by Gasteiger charge is 2.41. The fourth-order valence-electron chi connectivity index (χ4n) is 1.95. The second kappa shape index (κ2) is 7.18.